The summed E-state index contributed by atoms with van der Waals surface area (Å²) < 4.78 is 9.86. The van der Waals surface area contributed by atoms with E-state index in [-0.39, 0.29) is 24.0 Å². The third kappa shape index (κ3) is 4.56. The first-order chi connectivity index (χ1) is 7.13. The minimum atomic E-state index is -0.373. The molecule has 0 radical (unpaired) electrons. The number of carbonyl (C=O) groups is 2. The van der Waals surface area contributed by atoms with Gasteiger partial charge in [-0.3, -0.25) is 4.79 Å². The molecule has 0 aromatic carbocycles. The molecule has 1 heterocycles. The Bertz CT molecular complexity index is 304. The normalized spacial score (nSPS) is 24.7. The van der Waals surface area contributed by atoms with Gasteiger partial charge in [-0.05, 0) is 32.1 Å². The highest BCUT2D eigenvalue weighted by Crippen LogP contribution is 2.24. The predicted octanol–water partition coefficient (Wildman–Crippen LogP) is 1.02. The average Bonchev–Trinajstić information content (AvgIpc) is 2.91. The first-order valence-electron chi connectivity index (χ1n) is 4.82. The molecule has 2 atom stereocenters. The Hall–Kier alpha value is -1.42. The molecule has 82 valence electrons. The molecule has 15 heavy (non-hydrogen) atoms. The van der Waals surface area contributed by atoms with Crippen molar-refractivity contribution in [1.29, 1.82) is 0 Å². The molecule has 0 aromatic rings. The van der Waals surface area contributed by atoms with Crippen LogP contribution < -0.4 is 0 Å². The monoisotopic (exact) mass is 210 g/mol. The van der Waals surface area contributed by atoms with Gasteiger partial charge < -0.3 is 9.47 Å². The standard InChI is InChI=1S/C11H14O4/c1-3-14-11(13)7-6-10-9(15-10)5-4-8(2)12/h4-7,9-10H,3H2,1-2H3. The lowest BCUT2D eigenvalue weighted by molar-refractivity contribution is -0.137. The summed E-state index contributed by atoms with van der Waals surface area (Å²) in [6, 6.07) is 0. The minimum absolute atomic E-state index is 0.0152. The summed E-state index contributed by atoms with van der Waals surface area (Å²) in [4.78, 5) is 21.5. The van der Waals surface area contributed by atoms with Gasteiger partial charge in [-0.15, -0.1) is 0 Å². The van der Waals surface area contributed by atoms with Gasteiger partial charge in [0.25, 0.3) is 0 Å². The molecule has 1 rings (SSSR count). The summed E-state index contributed by atoms with van der Waals surface area (Å²) in [7, 11) is 0. The summed E-state index contributed by atoms with van der Waals surface area (Å²) in [6.45, 7) is 3.59. The number of hydrogen-bond acceptors (Lipinski definition) is 4. The Morgan fingerprint density at radius 3 is 2.40 bits per heavy atom. The Labute approximate surface area is 88.6 Å². The van der Waals surface area contributed by atoms with Crippen molar-refractivity contribution in [2.45, 2.75) is 26.1 Å². The maximum Gasteiger partial charge on any atom is 0.330 e. The van der Waals surface area contributed by atoms with Crippen LogP contribution in [0.2, 0.25) is 0 Å². The smallest absolute Gasteiger partial charge is 0.330 e. The van der Waals surface area contributed by atoms with Crippen molar-refractivity contribution in [3.05, 3.63) is 24.3 Å². The number of epoxide rings is 1. The van der Waals surface area contributed by atoms with Crippen LogP contribution in [0.4, 0.5) is 0 Å². The number of hydrogen-bond donors (Lipinski definition) is 0. The van der Waals surface area contributed by atoms with E-state index < -0.39 is 0 Å². The third-order valence-electron chi connectivity index (χ3n) is 1.79. The number of allylic oxidation sites excluding steroid dienone is 1. The number of esters is 1. The van der Waals surface area contributed by atoms with Crippen molar-refractivity contribution in [2.75, 3.05) is 6.61 Å². The largest absolute Gasteiger partial charge is 0.463 e. The summed E-state index contributed by atoms with van der Waals surface area (Å²) in [5.41, 5.74) is 0. The fraction of sp³-hybridized carbons (Fsp3) is 0.455. The second-order valence-corrected chi connectivity index (χ2v) is 3.15. The zero-order valence-electron chi connectivity index (χ0n) is 8.80. The number of ether oxygens (including phenoxy) is 2. The van der Waals surface area contributed by atoms with Crippen molar-refractivity contribution >= 4 is 11.8 Å². The molecule has 4 nitrogen and oxygen atoms in total. The van der Waals surface area contributed by atoms with E-state index in [4.69, 9.17) is 9.47 Å². The lowest BCUT2D eigenvalue weighted by Gasteiger charge is -1.92. The molecular formula is C11H14O4. The van der Waals surface area contributed by atoms with Gasteiger partial charge in [-0.2, -0.15) is 0 Å². The highest BCUT2D eigenvalue weighted by Gasteiger charge is 2.34. The quantitative estimate of drug-likeness (QED) is 0.386. The molecular weight excluding hydrogens is 196 g/mol. The zero-order valence-corrected chi connectivity index (χ0v) is 8.80. The Kier molecular flexibility index (Phi) is 4.24. The maximum absolute atomic E-state index is 10.9. The van der Waals surface area contributed by atoms with E-state index in [1.54, 1.807) is 19.1 Å². The highest BCUT2D eigenvalue weighted by atomic mass is 16.6. The van der Waals surface area contributed by atoms with Crippen molar-refractivity contribution in [2.24, 2.45) is 0 Å². The van der Waals surface area contributed by atoms with Gasteiger partial charge >= 0.3 is 5.97 Å². The molecule has 0 amide bonds. The Morgan fingerprint density at radius 1 is 1.27 bits per heavy atom. The van der Waals surface area contributed by atoms with Gasteiger partial charge in [-0.1, -0.05) is 0 Å². The van der Waals surface area contributed by atoms with Crippen LogP contribution in [0.1, 0.15) is 13.8 Å². The second kappa shape index (κ2) is 5.46. The van der Waals surface area contributed by atoms with Crippen molar-refractivity contribution in [1.82, 2.24) is 0 Å². The van der Waals surface area contributed by atoms with Crippen LogP contribution in [0.25, 0.3) is 0 Å². The van der Waals surface area contributed by atoms with Gasteiger partial charge in [-0.25, -0.2) is 4.79 Å². The molecule has 1 fully saturated rings. The van der Waals surface area contributed by atoms with Gasteiger partial charge in [0.2, 0.25) is 0 Å². The van der Waals surface area contributed by atoms with Gasteiger partial charge in [0.15, 0.2) is 5.78 Å². The first kappa shape index (κ1) is 11.7. The SMILES string of the molecule is CCOC(=O)C=CC1OC1C=CC(C)=O. The molecule has 4 heteroatoms. The van der Waals surface area contributed by atoms with E-state index >= 15 is 0 Å². The van der Waals surface area contributed by atoms with E-state index in [9.17, 15) is 9.59 Å². The Morgan fingerprint density at radius 2 is 1.87 bits per heavy atom. The third-order valence-corrected chi connectivity index (χ3v) is 1.79. The molecule has 0 saturated carbocycles. The molecule has 1 saturated heterocycles. The van der Waals surface area contributed by atoms with E-state index in [0.717, 1.165) is 0 Å². The van der Waals surface area contributed by atoms with Crippen molar-refractivity contribution in [3.8, 4) is 0 Å². The molecule has 0 aliphatic carbocycles. The van der Waals surface area contributed by atoms with Crippen LogP contribution >= 0.6 is 0 Å². The molecule has 0 N–H and O–H groups in total. The number of rotatable bonds is 5. The van der Waals surface area contributed by atoms with Crippen LogP contribution in [0.15, 0.2) is 24.3 Å². The van der Waals surface area contributed by atoms with E-state index in [0.29, 0.717) is 6.61 Å². The fourth-order valence-corrected chi connectivity index (χ4v) is 1.04. The molecule has 0 aromatic heterocycles. The van der Waals surface area contributed by atoms with Gasteiger partial charge in [0.05, 0.1) is 6.61 Å². The molecule has 1 aliphatic heterocycles. The topological polar surface area (TPSA) is 55.9 Å². The van der Waals surface area contributed by atoms with Crippen LogP contribution in [0, 0.1) is 0 Å². The zero-order chi connectivity index (χ0) is 11.3. The van der Waals surface area contributed by atoms with Crippen LogP contribution in [-0.4, -0.2) is 30.6 Å². The van der Waals surface area contributed by atoms with Gasteiger partial charge in [0, 0.05) is 6.08 Å². The predicted molar refractivity (Wildman–Crippen MR) is 54.3 cm³/mol. The maximum atomic E-state index is 10.9. The van der Waals surface area contributed by atoms with E-state index in [1.165, 1.54) is 19.1 Å². The highest BCUT2D eigenvalue weighted by molar-refractivity contribution is 5.87. The van der Waals surface area contributed by atoms with Gasteiger partial charge in [0.1, 0.15) is 12.2 Å². The van der Waals surface area contributed by atoms with E-state index in [1.807, 2.05) is 0 Å². The lowest BCUT2D eigenvalue weighted by Crippen LogP contribution is -1.99. The van der Waals surface area contributed by atoms with Crippen LogP contribution in [-0.2, 0) is 19.1 Å². The summed E-state index contributed by atoms with van der Waals surface area (Å²) in [5.74, 6) is -0.388. The fourth-order valence-electron chi connectivity index (χ4n) is 1.04. The summed E-state index contributed by atoms with van der Waals surface area (Å²) in [6.07, 6.45) is 5.93. The minimum Gasteiger partial charge on any atom is -0.463 e. The number of ketones is 1. The first-order valence-corrected chi connectivity index (χ1v) is 4.82. The summed E-state index contributed by atoms with van der Waals surface area (Å²) >= 11 is 0. The summed E-state index contributed by atoms with van der Waals surface area (Å²) in [5, 5.41) is 0. The van der Waals surface area contributed by atoms with Crippen LogP contribution in [0.3, 0.4) is 0 Å². The number of carbonyl (C=O) groups excluding carboxylic acids is 2. The average molecular weight is 210 g/mol. The molecule has 0 bridgehead atoms. The Balaban J connectivity index is 2.27. The lowest BCUT2D eigenvalue weighted by atomic mass is 10.2. The molecule has 0 spiro atoms. The van der Waals surface area contributed by atoms with Crippen molar-refractivity contribution in [3.63, 3.8) is 0 Å². The van der Waals surface area contributed by atoms with E-state index in [2.05, 4.69) is 0 Å². The van der Waals surface area contributed by atoms with Crippen molar-refractivity contribution < 1.29 is 19.1 Å². The molecule has 2 unspecified atom stereocenters. The van der Waals surface area contributed by atoms with Crippen LogP contribution in [0.5, 0.6) is 0 Å². The molecule has 1 aliphatic rings. The second-order valence-electron chi connectivity index (χ2n) is 3.15.